The van der Waals surface area contributed by atoms with E-state index >= 15 is 0 Å². The minimum Gasteiger partial charge on any atom is -0.376 e. The molecular formula is C14H23F3NP. The molecule has 0 heterocycles. The van der Waals surface area contributed by atoms with Crippen molar-refractivity contribution in [3.8, 4) is 0 Å². The highest BCUT2D eigenvalue weighted by Gasteiger charge is 2.32. The third-order valence-corrected chi connectivity index (χ3v) is 3.22. The molecular weight excluding hydrogens is 270 g/mol. The predicted molar refractivity (Wildman–Crippen MR) is 79.6 cm³/mol. The van der Waals surface area contributed by atoms with E-state index in [9.17, 15) is 13.2 Å². The van der Waals surface area contributed by atoms with E-state index in [-0.39, 0.29) is 12.2 Å². The lowest BCUT2D eigenvalue weighted by Gasteiger charge is -2.24. The molecule has 1 rings (SSSR count). The number of rotatable bonds is 4. The molecule has 2 atom stereocenters. The van der Waals surface area contributed by atoms with Gasteiger partial charge in [-0.05, 0) is 43.5 Å². The largest absolute Gasteiger partial charge is 0.376 e. The van der Waals surface area contributed by atoms with Gasteiger partial charge >= 0.3 is 0 Å². The van der Waals surface area contributed by atoms with Crippen molar-refractivity contribution in [2.45, 2.75) is 52.7 Å². The zero-order valence-corrected chi connectivity index (χ0v) is 13.3. The Bertz CT molecular complexity index is 379. The van der Waals surface area contributed by atoms with Gasteiger partial charge in [0.05, 0.1) is 6.04 Å². The van der Waals surface area contributed by atoms with Crippen LogP contribution in [-0.4, -0.2) is 11.7 Å². The first-order valence-electron chi connectivity index (χ1n) is 6.45. The van der Waals surface area contributed by atoms with E-state index in [2.05, 4.69) is 5.32 Å². The van der Waals surface area contributed by atoms with Crippen LogP contribution in [0.4, 0.5) is 18.9 Å². The number of nitrogens with one attached hydrogen (secondary N) is 1. The van der Waals surface area contributed by atoms with E-state index in [1.807, 2.05) is 13.8 Å². The van der Waals surface area contributed by atoms with Crippen molar-refractivity contribution in [3.63, 3.8) is 0 Å². The normalized spacial score (nSPS) is 12.5. The van der Waals surface area contributed by atoms with Crippen LogP contribution < -0.4 is 5.32 Å². The van der Waals surface area contributed by atoms with E-state index in [1.165, 1.54) is 15.3 Å². The minimum atomic E-state index is -2.91. The number of hydrogen-bond acceptors (Lipinski definition) is 1. The fraction of sp³-hybridized carbons (Fsp3) is 0.571. The fourth-order valence-corrected chi connectivity index (χ4v) is 1.89. The first-order chi connectivity index (χ1) is 8.75. The highest BCUT2D eigenvalue weighted by molar-refractivity contribution is 7.18. The molecule has 1 nitrogen and oxygen atoms in total. The molecule has 0 aliphatic carbocycles. The Morgan fingerprint density at radius 1 is 1.26 bits per heavy atom. The molecule has 0 aliphatic rings. The molecule has 0 spiro atoms. The summed E-state index contributed by atoms with van der Waals surface area (Å²) < 4.78 is 39.8. The molecule has 110 valence electrons. The zero-order valence-electron chi connectivity index (χ0n) is 12.2. The lowest BCUT2D eigenvalue weighted by atomic mass is 10.1. The van der Waals surface area contributed by atoms with Gasteiger partial charge < -0.3 is 5.32 Å². The lowest BCUT2D eigenvalue weighted by Crippen LogP contribution is -2.34. The maximum Gasteiger partial charge on any atom is 0.278 e. The summed E-state index contributed by atoms with van der Waals surface area (Å²) in [6, 6.07) is 1.91. The van der Waals surface area contributed by atoms with Crippen molar-refractivity contribution in [2.75, 3.05) is 5.32 Å². The number of anilines is 1. The standard InChI is InChI=1S/C12H17F3NP.C2H6/c1-4-11(12(14,15)17)16-9-5-7(2)8(3)10(13)6-9;1-2/h5-6,11,16H,4,17H2,1-3H3;1-2H3. The molecule has 1 aromatic carbocycles. The summed E-state index contributed by atoms with van der Waals surface area (Å²) in [5, 5.41) is 2.67. The highest BCUT2D eigenvalue weighted by Crippen LogP contribution is 2.31. The summed E-state index contributed by atoms with van der Waals surface area (Å²) in [5.41, 5.74) is -1.24. The summed E-state index contributed by atoms with van der Waals surface area (Å²) in [4.78, 5) is 0. The van der Waals surface area contributed by atoms with Crippen LogP contribution in [0.15, 0.2) is 12.1 Å². The third-order valence-electron chi connectivity index (χ3n) is 2.82. The summed E-state index contributed by atoms with van der Waals surface area (Å²) in [6.07, 6.45) is 0.255. The zero-order chi connectivity index (χ0) is 15.2. The smallest absolute Gasteiger partial charge is 0.278 e. The summed E-state index contributed by atoms with van der Waals surface area (Å²) >= 11 is 0. The van der Waals surface area contributed by atoms with Gasteiger partial charge in [0.2, 0.25) is 0 Å². The quantitative estimate of drug-likeness (QED) is 0.759. The fourth-order valence-electron chi connectivity index (χ4n) is 1.57. The van der Waals surface area contributed by atoms with Crippen LogP contribution in [0.3, 0.4) is 0 Å². The molecule has 1 aromatic rings. The lowest BCUT2D eigenvalue weighted by molar-refractivity contribution is 0.0800. The summed E-state index contributed by atoms with van der Waals surface area (Å²) in [6.45, 7) is 9.08. The Balaban J connectivity index is 0.00000154. The maximum absolute atomic E-state index is 13.5. The minimum absolute atomic E-state index is 0.255. The van der Waals surface area contributed by atoms with Gasteiger partial charge in [-0.2, -0.15) is 0 Å². The second-order valence-corrected chi connectivity index (χ2v) is 4.95. The van der Waals surface area contributed by atoms with E-state index in [0.29, 0.717) is 11.3 Å². The van der Waals surface area contributed by atoms with Crippen LogP contribution in [0.5, 0.6) is 0 Å². The molecule has 0 aromatic heterocycles. The van der Waals surface area contributed by atoms with Crippen LogP contribution in [0.1, 0.15) is 38.3 Å². The predicted octanol–water partition coefficient (Wildman–Crippen LogP) is 5.13. The molecule has 1 N–H and O–H groups in total. The number of aryl methyl sites for hydroxylation is 1. The van der Waals surface area contributed by atoms with E-state index in [0.717, 1.165) is 5.56 Å². The molecule has 0 radical (unpaired) electrons. The Labute approximate surface area is 116 Å². The Hall–Kier alpha value is -0.760. The molecule has 0 aliphatic heterocycles. The van der Waals surface area contributed by atoms with Gasteiger partial charge in [-0.15, -0.1) is 0 Å². The Kier molecular flexibility index (Phi) is 7.43. The van der Waals surface area contributed by atoms with Crippen molar-refractivity contribution < 1.29 is 13.2 Å². The van der Waals surface area contributed by atoms with E-state index < -0.39 is 11.7 Å². The average molecular weight is 293 g/mol. The number of benzene rings is 1. The summed E-state index contributed by atoms with van der Waals surface area (Å²) in [7, 11) is 1.51. The maximum atomic E-state index is 13.5. The molecule has 0 fully saturated rings. The SMILES string of the molecule is CC.CCC(Nc1cc(C)c(C)c(F)c1)C(F)(F)P. The molecule has 5 heteroatoms. The Morgan fingerprint density at radius 3 is 2.16 bits per heavy atom. The van der Waals surface area contributed by atoms with Crippen molar-refractivity contribution in [1.29, 1.82) is 0 Å². The van der Waals surface area contributed by atoms with Gasteiger partial charge in [-0.25, -0.2) is 13.2 Å². The average Bonchev–Trinajstić information content (AvgIpc) is 2.34. The Morgan fingerprint density at radius 2 is 1.79 bits per heavy atom. The first-order valence-corrected chi connectivity index (χ1v) is 7.03. The molecule has 2 unspecified atom stereocenters. The molecule has 0 amide bonds. The number of hydrogen-bond donors (Lipinski definition) is 1. The van der Waals surface area contributed by atoms with Gasteiger partial charge in [-0.1, -0.05) is 30.0 Å². The third kappa shape index (κ3) is 5.40. The van der Waals surface area contributed by atoms with Crippen molar-refractivity contribution in [1.82, 2.24) is 0 Å². The van der Waals surface area contributed by atoms with Crippen molar-refractivity contribution in [2.24, 2.45) is 0 Å². The van der Waals surface area contributed by atoms with Crippen LogP contribution in [-0.2, 0) is 0 Å². The van der Waals surface area contributed by atoms with Crippen LogP contribution in [0.25, 0.3) is 0 Å². The number of halogens is 3. The van der Waals surface area contributed by atoms with Gasteiger partial charge in [0.1, 0.15) is 5.82 Å². The van der Waals surface area contributed by atoms with Gasteiger partial charge in [0.25, 0.3) is 5.66 Å². The van der Waals surface area contributed by atoms with E-state index in [1.54, 1.807) is 26.8 Å². The molecule has 0 saturated heterocycles. The second-order valence-electron chi connectivity index (χ2n) is 4.18. The van der Waals surface area contributed by atoms with Gasteiger partial charge in [-0.3, -0.25) is 0 Å². The van der Waals surface area contributed by atoms with E-state index in [4.69, 9.17) is 0 Å². The van der Waals surface area contributed by atoms with Crippen LogP contribution in [0, 0.1) is 19.7 Å². The van der Waals surface area contributed by atoms with Crippen molar-refractivity contribution in [3.05, 3.63) is 29.1 Å². The number of alkyl halides is 2. The second kappa shape index (κ2) is 7.74. The summed E-state index contributed by atoms with van der Waals surface area (Å²) in [5.74, 6) is -0.380. The highest BCUT2D eigenvalue weighted by atomic mass is 31.0. The molecule has 19 heavy (non-hydrogen) atoms. The first kappa shape index (κ1) is 18.2. The van der Waals surface area contributed by atoms with Gasteiger partial charge in [0.15, 0.2) is 0 Å². The molecule has 0 bridgehead atoms. The van der Waals surface area contributed by atoms with Crippen molar-refractivity contribution >= 4 is 14.9 Å². The monoisotopic (exact) mass is 293 g/mol. The molecule has 0 saturated carbocycles. The topological polar surface area (TPSA) is 12.0 Å². The van der Waals surface area contributed by atoms with Crippen LogP contribution >= 0.6 is 9.24 Å². The van der Waals surface area contributed by atoms with Gasteiger partial charge in [0, 0.05) is 5.69 Å². The van der Waals surface area contributed by atoms with Crippen LogP contribution in [0.2, 0.25) is 0 Å².